The Bertz CT molecular complexity index is 318. The Kier molecular flexibility index (Phi) is 2.90. The van der Waals surface area contributed by atoms with E-state index in [-0.39, 0.29) is 6.04 Å². The maximum Gasteiger partial charge on any atom is 0.182 e. The average Bonchev–Trinajstić information content (AvgIpc) is 2.04. The Balaban J connectivity index is 2.91. The highest BCUT2D eigenvalue weighted by Crippen LogP contribution is 2.04. The minimum Gasteiger partial charge on any atom is -0.624 e. The lowest BCUT2D eigenvalue weighted by Gasteiger charge is -2.06. The molecule has 2 N–H and O–H groups in total. The number of hydrogen-bond donors (Lipinski definition) is 1. The van der Waals surface area contributed by atoms with Crippen LogP contribution in [0, 0.1) is 5.21 Å². The molecule has 0 radical (unpaired) electrons. The van der Waals surface area contributed by atoms with E-state index in [2.05, 4.69) is 0 Å². The molecule has 1 rings (SSSR count). The summed E-state index contributed by atoms with van der Waals surface area (Å²) in [6, 6.07) is 7.20. The maximum atomic E-state index is 11.2. The summed E-state index contributed by atoms with van der Waals surface area (Å²) in [5.74, 6) is 0. The summed E-state index contributed by atoms with van der Waals surface area (Å²) in [6.07, 6.45) is 1.54. The van der Waals surface area contributed by atoms with E-state index in [1.807, 2.05) is 26.0 Å². The van der Waals surface area contributed by atoms with Crippen molar-refractivity contribution >= 4 is 11.9 Å². The van der Waals surface area contributed by atoms with Crippen molar-refractivity contribution in [2.75, 3.05) is 5.73 Å². The first-order valence-electron chi connectivity index (χ1n) is 4.25. The Hall–Kier alpha value is -1.51. The largest absolute Gasteiger partial charge is 0.624 e. The van der Waals surface area contributed by atoms with Gasteiger partial charge in [0, 0.05) is 11.3 Å². The van der Waals surface area contributed by atoms with Crippen molar-refractivity contribution < 1.29 is 4.74 Å². The van der Waals surface area contributed by atoms with Gasteiger partial charge < -0.3 is 10.9 Å². The van der Waals surface area contributed by atoms with E-state index in [0.29, 0.717) is 5.69 Å². The average molecular weight is 178 g/mol. The third-order valence-corrected chi connectivity index (χ3v) is 1.70. The molecular formula is C10H14N2O. The number of nitrogens with zero attached hydrogens (tertiary/aromatic N) is 1. The van der Waals surface area contributed by atoms with Crippen molar-refractivity contribution in [3.63, 3.8) is 0 Å². The number of rotatable bonds is 2. The zero-order valence-corrected chi connectivity index (χ0v) is 7.90. The number of benzene rings is 1. The normalized spacial score (nSPS) is 12.1. The van der Waals surface area contributed by atoms with Gasteiger partial charge in [-0.1, -0.05) is 6.07 Å². The molecule has 3 nitrogen and oxygen atoms in total. The molecule has 0 spiro atoms. The molecule has 3 heteroatoms. The number of hydroxylamine groups is 1. The van der Waals surface area contributed by atoms with E-state index in [4.69, 9.17) is 5.73 Å². The minimum absolute atomic E-state index is 0.0403. The minimum atomic E-state index is -0.0403. The van der Waals surface area contributed by atoms with Crippen molar-refractivity contribution in [2.24, 2.45) is 0 Å². The quantitative estimate of drug-likeness (QED) is 0.246. The van der Waals surface area contributed by atoms with E-state index in [0.717, 1.165) is 10.3 Å². The maximum absolute atomic E-state index is 11.2. The molecule has 0 heterocycles. The van der Waals surface area contributed by atoms with Gasteiger partial charge in [0.25, 0.3) is 0 Å². The van der Waals surface area contributed by atoms with Crippen LogP contribution >= 0.6 is 0 Å². The van der Waals surface area contributed by atoms with Gasteiger partial charge in [0.2, 0.25) is 0 Å². The molecule has 0 bridgehead atoms. The smallest absolute Gasteiger partial charge is 0.182 e. The molecule has 1 aromatic carbocycles. The third kappa shape index (κ3) is 2.78. The molecule has 0 aliphatic carbocycles. The predicted octanol–water partition coefficient (Wildman–Crippen LogP) is 1.61. The van der Waals surface area contributed by atoms with Gasteiger partial charge in [0.05, 0.1) is 0 Å². The summed E-state index contributed by atoms with van der Waals surface area (Å²) in [5.41, 5.74) is 7.08. The van der Waals surface area contributed by atoms with Gasteiger partial charge in [-0.2, -0.15) is 0 Å². The zero-order valence-electron chi connectivity index (χ0n) is 7.90. The second kappa shape index (κ2) is 3.94. The lowest BCUT2D eigenvalue weighted by molar-refractivity contribution is -0.487. The first-order chi connectivity index (χ1) is 6.09. The van der Waals surface area contributed by atoms with E-state index < -0.39 is 0 Å². The standard InChI is InChI=1S/C10H14N2O/c1-8(2)12(13)7-9-4-3-5-10(11)6-9/h3-8H,11H2,1-2H3/b12-7+. The fourth-order valence-corrected chi connectivity index (χ4v) is 0.935. The molecule has 0 saturated heterocycles. The molecule has 13 heavy (non-hydrogen) atoms. The van der Waals surface area contributed by atoms with Gasteiger partial charge in [-0.15, -0.1) is 0 Å². The van der Waals surface area contributed by atoms with Crippen molar-refractivity contribution in [1.82, 2.24) is 0 Å². The molecule has 0 atom stereocenters. The van der Waals surface area contributed by atoms with Gasteiger partial charge >= 0.3 is 0 Å². The number of anilines is 1. The van der Waals surface area contributed by atoms with E-state index in [1.165, 1.54) is 0 Å². The van der Waals surface area contributed by atoms with Crippen LogP contribution in [0.25, 0.3) is 0 Å². The first-order valence-corrected chi connectivity index (χ1v) is 4.25. The summed E-state index contributed by atoms with van der Waals surface area (Å²) in [5, 5.41) is 11.2. The van der Waals surface area contributed by atoms with Crippen molar-refractivity contribution in [2.45, 2.75) is 19.9 Å². The Morgan fingerprint density at radius 1 is 1.46 bits per heavy atom. The third-order valence-electron chi connectivity index (χ3n) is 1.70. The molecular weight excluding hydrogens is 164 g/mol. The Morgan fingerprint density at radius 3 is 2.69 bits per heavy atom. The first kappa shape index (κ1) is 9.58. The van der Waals surface area contributed by atoms with Gasteiger partial charge in [0.1, 0.15) is 0 Å². The van der Waals surface area contributed by atoms with Crippen molar-refractivity contribution in [3.8, 4) is 0 Å². The van der Waals surface area contributed by atoms with Crippen LogP contribution in [0.2, 0.25) is 0 Å². The summed E-state index contributed by atoms with van der Waals surface area (Å²) in [4.78, 5) is 0. The van der Waals surface area contributed by atoms with Crippen LogP contribution in [0.15, 0.2) is 24.3 Å². The van der Waals surface area contributed by atoms with Crippen molar-refractivity contribution in [3.05, 3.63) is 35.0 Å². The van der Waals surface area contributed by atoms with Crippen molar-refractivity contribution in [1.29, 1.82) is 0 Å². The van der Waals surface area contributed by atoms with Crippen LogP contribution in [0.4, 0.5) is 5.69 Å². The van der Waals surface area contributed by atoms with Crippen LogP contribution in [0.5, 0.6) is 0 Å². The fraction of sp³-hybridized carbons (Fsp3) is 0.300. The fourth-order valence-electron chi connectivity index (χ4n) is 0.935. The van der Waals surface area contributed by atoms with Gasteiger partial charge in [-0.25, -0.2) is 4.74 Å². The molecule has 70 valence electrons. The topological polar surface area (TPSA) is 52.1 Å². The van der Waals surface area contributed by atoms with Crippen LogP contribution < -0.4 is 5.73 Å². The zero-order chi connectivity index (χ0) is 9.84. The summed E-state index contributed by atoms with van der Waals surface area (Å²) in [7, 11) is 0. The van der Waals surface area contributed by atoms with Crippen LogP contribution in [-0.2, 0) is 0 Å². The highest BCUT2D eigenvalue weighted by atomic mass is 16.5. The van der Waals surface area contributed by atoms with Crippen LogP contribution in [0.3, 0.4) is 0 Å². The molecule has 0 aromatic heterocycles. The number of nitrogen functional groups attached to an aromatic ring is 1. The van der Waals surface area contributed by atoms with E-state index in [9.17, 15) is 5.21 Å². The van der Waals surface area contributed by atoms with Gasteiger partial charge in [0.15, 0.2) is 12.3 Å². The SMILES string of the molecule is CC(C)/[N+]([O-])=C\c1cccc(N)c1. The molecule has 0 unspecified atom stereocenters. The molecule has 0 saturated carbocycles. The number of nitrogens with two attached hydrogens (primary N) is 1. The summed E-state index contributed by atoms with van der Waals surface area (Å²) >= 11 is 0. The lowest BCUT2D eigenvalue weighted by Crippen LogP contribution is -2.14. The molecule has 0 fully saturated rings. The highest BCUT2D eigenvalue weighted by molar-refractivity contribution is 5.77. The monoisotopic (exact) mass is 178 g/mol. The molecule has 0 amide bonds. The van der Waals surface area contributed by atoms with Gasteiger partial charge in [-0.3, -0.25) is 0 Å². The lowest BCUT2D eigenvalue weighted by atomic mass is 10.2. The highest BCUT2D eigenvalue weighted by Gasteiger charge is 2.00. The summed E-state index contributed by atoms with van der Waals surface area (Å²) < 4.78 is 0.911. The second-order valence-electron chi connectivity index (χ2n) is 3.25. The van der Waals surface area contributed by atoms with E-state index in [1.54, 1.807) is 18.3 Å². The number of hydrogen-bond acceptors (Lipinski definition) is 2. The predicted molar refractivity (Wildman–Crippen MR) is 54.8 cm³/mol. The second-order valence-corrected chi connectivity index (χ2v) is 3.25. The van der Waals surface area contributed by atoms with Gasteiger partial charge in [-0.05, 0) is 32.0 Å². The summed E-state index contributed by atoms with van der Waals surface area (Å²) in [6.45, 7) is 3.69. The van der Waals surface area contributed by atoms with E-state index >= 15 is 0 Å². The Morgan fingerprint density at radius 2 is 2.15 bits per heavy atom. The Labute approximate surface area is 78.1 Å². The molecule has 0 aliphatic rings. The molecule has 0 aliphatic heterocycles. The van der Waals surface area contributed by atoms with Crippen LogP contribution in [0.1, 0.15) is 19.4 Å². The van der Waals surface area contributed by atoms with Crippen LogP contribution in [-0.4, -0.2) is 17.0 Å². The molecule has 1 aromatic rings.